The molecule has 0 saturated carbocycles. The van der Waals surface area contributed by atoms with Gasteiger partial charge in [0.25, 0.3) is 0 Å². The molecule has 0 saturated heterocycles. The van der Waals surface area contributed by atoms with Gasteiger partial charge in [0.2, 0.25) is 0 Å². The molecule has 0 radical (unpaired) electrons. The van der Waals surface area contributed by atoms with E-state index in [0.29, 0.717) is 12.8 Å². The Kier molecular flexibility index (Phi) is 5.59. The predicted octanol–water partition coefficient (Wildman–Crippen LogP) is 2.07. The van der Waals surface area contributed by atoms with Crippen LogP contribution in [0.4, 0.5) is 0 Å². The minimum Gasteiger partial charge on any atom is -0.465 e. The van der Waals surface area contributed by atoms with Crippen LogP contribution >= 0.6 is 0 Å². The molecule has 1 rings (SSSR count). The van der Waals surface area contributed by atoms with Crippen LogP contribution in [0.15, 0.2) is 28.9 Å². The van der Waals surface area contributed by atoms with E-state index < -0.39 is 0 Å². The van der Waals surface area contributed by atoms with Gasteiger partial charge in [-0.05, 0) is 42.5 Å². The number of aliphatic hydroxyl groups is 1. The summed E-state index contributed by atoms with van der Waals surface area (Å²) < 4.78 is 5.07. The fourth-order valence-electron chi connectivity index (χ4n) is 0.862. The lowest BCUT2D eigenvalue weighted by atomic mass is 10.3. The molecule has 0 atom stereocenters. The van der Waals surface area contributed by atoms with Crippen LogP contribution in [0.2, 0.25) is 0 Å². The Morgan fingerprint density at radius 3 is 3.07 bits per heavy atom. The fraction of sp³-hybridized carbons (Fsp3) is 0.231. The van der Waals surface area contributed by atoms with Gasteiger partial charge in [-0.2, -0.15) is 0 Å². The monoisotopic (exact) mass is 200 g/mol. The Morgan fingerprint density at radius 1 is 1.40 bits per heavy atom. The van der Waals surface area contributed by atoms with Gasteiger partial charge in [-0.25, -0.2) is 0 Å². The van der Waals surface area contributed by atoms with Crippen LogP contribution < -0.4 is 0 Å². The van der Waals surface area contributed by atoms with Crippen LogP contribution in [-0.2, 0) is 0 Å². The van der Waals surface area contributed by atoms with Gasteiger partial charge in [0.05, 0.1) is 6.26 Å². The van der Waals surface area contributed by atoms with Crippen molar-refractivity contribution in [2.45, 2.75) is 12.8 Å². The van der Waals surface area contributed by atoms with Crippen molar-refractivity contribution >= 4 is 6.08 Å². The molecular formula is C13H12O2. The van der Waals surface area contributed by atoms with Crippen molar-refractivity contribution in [3.8, 4) is 23.7 Å². The van der Waals surface area contributed by atoms with Gasteiger partial charge >= 0.3 is 0 Å². The maximum atomic E-state index is 8.49. The normalized spacial score (nSPS) is 9.13. The molecule has 0 bridgehead atoms. The summed E-state index contributed by atoms with van der Waals surface area (Å²) in [4.78, 5) is 0. The standard InChI is InChI=1S/C13H12O2/c14-11-7-5-3-1-2-4-6-9-13-10-8-12-15-13/h6,8-10,12,14H,5,7,11H2. The van der Waals surface area contributed by atoms with Crippen LogP contribution in [0, 0.1) is 23.7 Å². The van der Waals surface area contributed by atoms with Gasteiger partial charge in [-0.15, -0.1) is 0 Å². The van der Waals surface area contributed by atoms with Gasteiger partial charge in [0.15, 0.2) is 0 Å². The number of hydrogen-bond donors (Lipinski definition) is 1. The molecule has 2 nitrogen and oxygen atoms in total. The first kappa shape index (κ1) is 11.2. The van der Waals surface area contributed by atoms with Crippen LogP contribution in [0.25, 0.3) is 6.08 Å². The van der Waals surface area contributed by atoms with E-state index in [-0.39, 0.29) is 6.61 Å². The third-order valence-electron chi connectivity index (χ3n) is 1.56. The van der Waals surface area contributed by atoms with E-state index in [1.165, 1.54) is 0 Å². The highest BCUT2D eigenvalue weighted by atomic mass is 16.3. The molecule has 2 heteroatoms. The zero-order chi connectivity index (χ0) is 10.8. The van der Waals surface area contributed by atoms with E-state index in [1.54, 1.807) is 18.4 Å². The van der Waals surface area contributed by atoms with Crippen molar-refractivity contribution in [3.63, 3.8) is 0 Å². The average molecular weight is 200 g/mol. The lowest BCUT2D eigenvalue weighted by Crippen LogP contribution is -1.77. The number of hydrogen-bond acceptors (Lipinski definition) is 2. The van der Waals surface area contributed by atoms with Crippen molar-refractivity contribution in [2.24, 2.45) is 0 Å². The molecule has 0 aliphatic rings. The average Bonchev–Trinajstić information content (AvgIpc) is 2.75. The van der Waals surface area contributed by atoms with Crippen molar-refractivity contribution in [2.75, 3.05) is 6.61 Å². The van der Waals surface area contributed by atoms with E-state index >= 15 is 0 Å². The van der Waals surface area contributed by atoms with Crippen molar-refractivity contribution in [3.05, 3.63) is 30.2 Å². The highest BCUT2D eigenvalue weighted by Gasteiger charge is 1.83. The Morgan fingerprint density at radius 2 is 2.33 bits per heavy atom. The number of aliphatic hydroxyl groups excluding tert-OH is 1. The van der Waals surface area contributed by atoms with E-state index in [1.807, 2.05) is 12.1 Å². The molecule has 0 aliphatic carbocycles. The first-order valence-corrected chi connectivity index (χ1v) is 4.73. The summed E-state index contributed by atoms with van der Waals surface area (Å²) in [6.07, 6.45) is 6.48. The van der Waals surface area contributed by atoms with Gasteiger partial charge in [-0.3, -0.25) is 0 Å². The first-order valence-electron chi connectivity index (χ1n) is 4.73. The predicted molar refractivity (Wildman–Crippen MR) is 59.6 cm³/mol. The van der Waals surface area contributed by atoms with Crippen LogP contribution in [0.5, 0.6) is 0 Å². The Hall–Kier alpha value is -1.90. The number of unbranched alkanes of at least 4 members (excludes halogenated alkanes) is 1. The number of furan rings is 1. The lowest BCUT2D eigenvalue weighted by molar-refractivity contribution is 0.290. The second-order valence-electron chi connectivity index (χ2n) is 2.75. The molecule has 15 heavy (non-hydrogen) atoms. The van der Waals surface area contributed by atoms with Crippen LogP contribution in [0.3, 0.4) is 0 Å². The molecular weight excluding hydrogens is 188 g/mol. The molecule has 0 unspecified atom stereocenters. The van der Waals surface area contributed by atoms with Crippen LogP contribution in [-0.4, -0.2) is 11.7 Å². The van der Waals surface area contributed by atoms with E-state index in [9.17, 15) is 0 Å². The zero-order valence-corrected chi connectivity index (χ0v) is 8.36. The molecule has 0 aliphatic heterocycles. The Balaban J connectivity index is 2.29. The smallest absolute Gasteiger partial charge is 0.127 e. The van der Waals surface area contributed by atoms with Crippen LogP contribution in [0.1, 0.15) is 18.6 Å². The minimum atomic E-state index is 0.181. The summed E-state index contributed by atoms with van der Waals surface area (Å²) in [7, 11) is 0. The molecule has 76 valence electrons. The maximum Gasteiger partial charge on any atom is 0.127 e. The largest absolute Gasteiger partial charge is 0.465 e. The minimum absolute atomic E-state index is 0.181. The summed E-state index contributed by atoms with van der Waals surface area (Å²) in [5, 5.41) is 8.49. The summed E-state index contributed by atoms with van der Waals surface area (Å²) in [6, 6.07) is 3.67. The van der Waals surface area contributed by atoms with Gasteiger partial charge in [0.1, 0.15) is 5.76 Å². The zero-order valence-electron chi connectivity index (χ0n) is 8.36. The fourth-order valence-corrected chi connectivity index (χ4v) is 0.862. The molecule has 0 aromatic carbocycles. The van der Waals surface area contributed by atoms with Gasteiger partial charge < -0.3 is 9.52 Å². The second-order valence-corrected chi connectivity index (χ2v) is 2.75. The van der Waals surface area contributed by atoms with Crippen molar-refractivity contribution < 1.29 is 9.52 Å². The lowest BCUT2D eigenvalue weighted by Gasteiger charge is -1.80. The highest BCUT2D eigenvalue weighted by molar-refractivity contribution is 5.48. The summed E-state index contributed by atoms with van der Waals surface area (Å²) in [6.45, 7) is 0.181. The van der Waals surface area contributed by atoms with E-state index in [0.717, 1.165) is 5.76 Å². The molecule has 0 amide bonds. The highest BCUT2D eigenvalue weighted by Crippen LogP contribution is 2.00. The SMILES string of the molecule is OCCCC#CC#CC=Cc1ccco1. The topological polar surface area (TPSA) is 33.4 Å². The number of allylic oxidation sites excluding steroid dienone is 1. The van der Waals surface area contributed by atoms with E-state index in [2.05, 4.69) is 23.7 Å². The third kappa shape index (κ3) is 5.41. The number of rotatable bonds is 3. The summed E-state index contributed by atoms with van der Waals surface area (Å²) in [5.74, 6) is 11.8. The molecule has 1 aromatic rings. The Bertz CT molecular complexity index is 405. The molecule has 1 aromatic heterocycles. The quantitative estimate of drug-likeness (QED) is 0.598. The summed E-state index contributed by atoms with van der Waals surface area (Å²) in [5.41, 5.74) is 0. The molecule has 0 fully saturated rings. The molecule has 1 heterocycles. The van der Waals surface area contributed by atoms with Crippen molar-refractivity contribution in [1.82, 2.24) is 0 Å². The summed E-state index contributed by atoms with van der Waals surface area (Å²) >= 11 is 0. The van der Waals surface area contributed by atoms with Crippen molar-refractivity contribution in [1.29, 1.82) is 0 Å². The van der Waals surface area contributed by atoms with E-state index in [4.69, 9.17) is 9.52 Å². The molecule has 0 spiro atoms. The maximum absolute atomic E-state index is 8.49. The first-order chi connectivity index (χ1) is 7.43. The van der Waals surface area contributed by atoms with Gasteiger partial charge in [0, 0.05) is 13.0 Å². The molecule has 1 N–H and O–H groups in total. The van der Waals surface area contributed by atoms with Gasteiger partial charge in [-0.1, -0.05) is 11.8 Å². The Labute approximate surface area is 89.6 Å². The third-order valence-corrected chi connectivity index (χ3v) is 1.56. The second kappa shape index (κ2) is 7.50.